The molecule has 2 N–H and O–H groups in total. The summed E-state index contributed by atoms with van der Waals surface area (Å²) in [5, 5.41) is 11.7. The zero-order chi connectivity index (χ0) is 20.9. The van der Waals surface area contributed by atoms with E-state index in [1.165, 1.54) is 29.6 Å². The summed E-state index contributed by atoms with van der Waals surface area (Å²) in [6.45, 7) is 0.254. The van der Waals surface area contributed by atoms with Gasteiger partial charge in [0.05, 0.1) is 17.7 Å². The van der Waals surface area contributed by atoms with Gasteiger partial charge in [-0.2, -0.15) is 0 Å². The van der Waals surface area contributed by atoms with Crippen molar-refractivity contribution in [2.24, 2.45) is 0 Å². The number of nitrogens with one attached hydrogen (secondary N) is 1. The van der Waals surface area contributed by atoms with Crippen molar-refractivity contribution >= 4 is 12.1 Å². The molecule has 0 aliphatic heterocycles. The van der Waals surface area contributed by atoms with Gasteiger partial charge in [-0.05, 0) is 28.3 Å². The normalized spacial score (nSPS) is 11.6. The number of hydrogen-bond donors (Lipinski definition) is 2. The SMILES string of the molecule is O=C(NCC#Cc1cnccc1C(=O)O)OCC1c2ccccc2-c2ccccc21. The van der Waals surface area contributed by atoms with Crippen molar-refractivity contribution < 1.29 is 19.4 Å². The molecule has 0 fully saturated rings. The van der Waals surface area contributed by atoms with Crippen LogP contribution < -0.4 is 5.32 Å². The standard InChI is InChI=1S/C24H18N2O4/c27-23(28)17-11-13-25-14-16(17)6-5-12-26-24(29)30-15-22-20-9-3-1-7-18(20)19-8-2-4-10-21(19)22/h1-4,7-11,13-14,22H,12,15H2,(H,26,29)(H,27,28). The van der Waals surface area contributed by atoms with E-state index in [1.807, 2.05) is 24.3 Å². The van der Waals surface area contributed by atoms with Crippen LogP contribution in [-0.4, -0.2) is 35.3 Å². The van der Waals surface area contributed by atoms with E-state index in [2.05, 4.69) is 46.4 Å². The van der Waals surface area contributed by atoms with E-state index in [9.17, 15) is 9.59 Å². The second-order valence-corrected chi connectivity index (χ2v) is 6.71. The highest BCUT2D eigenvalue weighted by atomic mass is 16.5. The zero-order valence-electron chi connectivity index (χ0n) is 16.0. The smallest absolute Gasteiger partial charge is 0.407 e. The molecule has 0 bridgehead atoms. The Kier molecular flexibility index (Phi) is 5.44. The molecule has 0 atom stereocenters. The summed E-state index contributed by atoms with van der Waals surface area (Å²) in [5.41, 5.74) is 4.98. The zero-order valence-corrected chi connectivity index (χ0v) is 16.0. The Balaban J connectivity index is 1.36. The number of carbonyl (C=O) groups is 2. The summed E-state index contributed by atoms with van der Waals surface area (Å²) >= 11 is 0. The minimum Gasteiger partial charge on any atom is -0.478 e. The Morgan fingerprint density at radius 1 is 1.03 bits per heavy atom. The predicted molar refractivity (Wildman–Crippen MR) is 111 cm³/mol. The predicted octanol–water partition coefficient (Wildman–Crippen LogP) is 3.67. The molecule has 4 rings (SSSR count). The first-order valence-corrected chi connectivity index (χ1v) is 9.40. The second-order valence-electron chi connectivity index (χ2n) is 6.71. The summed E-state index contributed by atoms with van der Waals surface area (Å²) < 4.78 is 5.43. The van der Waals surface area contributed by atoms with Crippen molar-refractivity contribution in [3.63, 3.8) is 0 Å². The van der Waals surface area contributed by atoms with Gasteiger partial charge in [0.1, 0.15) is 6.61 Å². The maximum atomic E-state index is 12.1. The Morgan fingerprint density at radius 3 is 2.37 bits per heavy atom. The monoisotopic (exact) mass is 398 g/mol. The summed E-state index contributed by atoms with van der Waals surface area (Å²) in [6, 6.07) is 17.6. The van der Waals surface area contributed by atoms with E-state index in [0.717, 1.165) is 11.1 Å². The van der Waals surface area contributed by atoms with Crippen molar-refractivity contribution in [2.75, 3.05) is 13.2 Å². The molecule has 6 nitrogen and oxygen atoms in total. The van der Waals surface area contributed by atoms with Gasteiger partial charge in [-0.25, -0.2) is 9.59 Å². The first-order chi connectivity index (χ1) is 14.6. The van der Waals surface area contributed by atoms with Crippen LogP contribution in [0.25, 0.3) is 11.1 Å². The number of fused-ring (bicyclic) bond motifs is 3. The Bertz CT molecular complexity index is 1130. The van der Waals surface area contributed by atoms with Crippen LogP contribution in [0.4, 0.5) is 4.79 Å². The van der Waals surface area contributed by atoms with Gasteiger partial charge in [0.15, 0.2) is 0 Å². The Hall–Kier alpha value is -4.11. The number of ether oxygens (including phenoxy) is 1. The number of aromatic carboxylic acids is 1. The van der Waals surface area contributed by atoms with Gasteiger partial charge in [0.25, 0.3) is 0 Å². The fraction of sp³-hybridized carbons (Fsp3) is 0.125. The van der Waals surface area contributed by atoms with Crippen LogP contribution in [0.5, 0.6) is 0 Å². The third-order valence-electron chi connectivity index (χ3n) is 4.94. The number of nitrogens with zero attached hydrogens (tertiary/aromatic N) is 1. The topological polar surface area (TPSA) is 88.5 Å². The number of rotatable bonds is 4. The number of hydrogen-bond acceptors (Lipinski definition) is 4. The third-order valence-corrected chi connectivity index (χ3v) is 4.94. The molecular weight excluding hydrogens is 380 g/mol. The largest absolute Gasteiger partial charge is 0.478 e. The van der Waals surface area contributed by atoms with Crippen molar-refractivity contribution in [3.05, 3.63) is 89.2 Å². The van der Waals surface area contributed by atoms with Crippen LogP contribution in [0.1, 0.15) is 33.0 Å². The van der Waals surface area contributed by atoms with E-state index >= 15 is 0 Å². The lowest BCUT2D eigenvalue weighted by atomic mass is 9.98. The molecule has 1 amide bonds. The molecule has 1 aliphatic rings. The van der Waals surface area contributed by atoms with Gasteiger partial charge in [-0.3, -0.25) is 4.98 Å². The lowest BCUT2D eigenvalue weighted by Crippen LogP contribution is -2.26. The van der Waals surface area contributed by atoms with Crippen LogP contribution in [0.2, 0.25) is 0 Å². The molecule has 30 heavy (non-hydrogen) atoms. The van der Waals surface area contributed by atoms with E-state index in [-0.39, 0.29) is 24.6 Å². The van der Waals surface area contributed by atoms with E-state index in [0.29, 0.717) is 5.56 Å². The number of amides is 1. The van der Waals surface area contributed by atoms with E-state index in [1.54, 1.807) is 0 Å². The number of alkyl carbamates (subject to hydrolysis) is 1. The second kappa shape index (κ2) is 8.50. The molecule has 148 valence electrons. The summed E-state index contributed by atoms with van der Waals surface area (Å²) in [5.74, 6) is 4.34. The van der Waals surface area contributed by atoms with Crippen LogP contribution in [0.3, 0.4) is 0 Å². The first-order valence-electron chi connectivity index (χ1n) is 9.40. The van der Waals surface area contributed by atoms with Crippen LogP contribution in [-0.2, 0) is 4.74 Å². The quantitative estimate of drug-likeness (QED) is 0.655. The van der Waals surface area contributed by atoms with E-state index in [4.69, 9.17) is 9.84 Å². The van der Waals surface area contributed by atoms with Crippen LogP contribution in [0, 0.1) is 11.8 Å². The molecule has 1 aliphatic carbocycles. The highest BCUT2D eigenvalue weighted by molar-refractivity contribution is 5.90. The minimum absolute atomic E-state index is 0.0113. The maximum absolute atomic E-state index is 12.1. The Morgan fingerprint density at radius 2 is 1.70 bits per heavy atom. The number of benzene rings is 2. The number of pyridine rings is 1. The van der Waals surface area contributed by atoms with Crippen LogP contribution in [0.15, 0.2) is 67.0 Å². The molecule has 0 saturated heterocycles. The summed E-state index contributed by atoms with van der Waals surface area (Å²) in [4.78, 5) is 27.1. The molecule has 6 heteroatoms. The van der Waals surface area contributed by atoms with Crippen molar-refractivity contribution in [1.82, 2.24) is 10.3 Å². The molecule has 2 aromatic carbocycles. The highest BCUT2D eigenvalue weighted by Crippen LogP contribution is 2.44. The molecule has 0 radical (unpaired) electrons. The molecule has 3 aromatic rings. The average Bonchev–Trinajstić information content (AvgIpc) is 3.09. The maximum Gasteiger partial charge on any atom is 0.407 e. The lowest BCUT2D eigenvalue weighted by Gasteiger charge is -2.14. The minimum atomic E-state index is -1.08. The molecule has 1 aromatic heterocycles. The molecule has 0 unspecified atom stereocenters. The highest BCUT2D eigenvalue weighted by Gasteiger charge is 2.28. The fourth-order valence-corrected chi connectivity index (χ4v) is 3.59. The molecule has 0 saturated carbocycles. The average molecular weight is 398 g/mol. The van der Waals surface area contributed by atoms with E-state index < -0.39 is 12.1 Å². The van der Waals surface area contributed by atoms with Gasteiger partial charge < -0.3 is 15.2 Å². The number of carboxylic acid groups (broad SMARTS) is 1. The number of carbonyl (C=O) groups excluding carboxylic acids is 1. The number of carboxylic acids is 1. The molecule has 1 heterocycles. The van der Waals surface area contributed by atoms with Crippen molar-refractivity contribution in [3.8, 4) is 23.0 Å². The fourth-order valence-electron chi connectivity index (χ4n) is 3.59. The van der Waals surface area contributed by atoms with Gasteiger partial charge in [-0.15, -0.1) is 0 Å². The van der Waals surface area contributed by atoms with Gasteiger partial charge >= 0.3 is 12.1 Å². The third kappa shape index (κ3) is 3.87. The van der Waals surface area contributed by atoms with Crippen molar-refractivity contribution in [2.45, 2.75) is 5.92 Å². The Labute approximate surface area is 173 Å². The van der Waals surface area contributed by atoms with Crippen LogP contribution >= 0.6 is 0 Å². The molecule has 0 spiro atoms. The first kappa shape index (κ1) is 19.2. The lowest BCUT2D eigenvalue weighted by molar-refractivity contribution is 0.0696. The van der Waals surface area contributed by atoms with Gasteiger partial charge in [0, 0.05) is 18.3 Å². The van der Waals surface area contributed by atoms with Gasteiger partial charge in [0.2, 0.25) is 0 Å². The summed E-state index contributed by atoms with van der Waals surface area (Å²) in [6.07, 6.45) is 2.20. The van der Waals surface area contributed by atoms with Crippen molar-refractivity contribution in [1.29, 1.82) is 0 Å². The van der Waals surface area contributed by atoms with Gasteiger partial charge in [-0.1, -0.05) is 60.4 Å². The number of aromatic nitrogens is 1. The molecular formula is C24H18N2O4. The summed E-state index contributed by atoms with van der Waals surface area (Å²) in [7, 11) is 0.